The van der Waals surface area contributed by atoms with Gasteiger partial charge in [-0.25, -0.2) is 4.99 Å². The van der Waals surface area contributed by atoms with E-state index in [0.29, 0.717) is 12.0 Å². The summed E-state index contributed by atoms with van der Waals surface area (Å²) in [5.41, 5.74) is 5.77. The fraction of sp³-hybridized carbons (Fsp3) is 0.654. The maximum Gasteiger partial charge on any atom is 0.208 e. The number of allylic oxidation sites excluding steroid dienone is 7. The van der Waals surface area contributed by atoms with Crippen molar-refractivity contribution in [3.63, 3.8) is 0 Å². The van der Waals surface area contributed by atoms with E-state index in [1.165, 1.54) is 35.1 Å². The Morgan fingerprint density at radius 3 is 1.96 bits per heavy atom. The third-order valence-corrected chi connectivity index (χ3v) is 5.00. The minimum absolute atomic E-state index is 0.347. The molecule has 1 atom stereocenters. The molecule has 0 aromatic heterocycles. The van der Waals surface area contributed by atoms with Gasteiger partial charge in [0.15, 0.2) is 0 Å². The fourth-order valence-corrected chi connectivity index (χ4v) is 3.35. The van der Waals surface area contributed by atoms with Gasteiger partial charge in [0.1, 0.15) is 6.61 Å². The molecule has 28 heavy (non-hydrogen) atoms. The van der Waals surface area contributed by atoms with Crippen LogP contribution in [0.25, 0.3) is 0 Å². The van der Waals surface area contributed by atoms with Crippen molar-refractivity contribution in [1.82, 2.24) is 0 Å². The van der Waals surface area contributed by atoms with Crippen molar-refractivity contribution in [2.75, 3.05) is 6.61 Å². The summed E-state index contributed by atoms with van der Waals surface area (Å²) in [4.78, 5) is 4.69. The highest BCUT2D eigenvalue weighted by Gasteiger charge is 2.18. The van der Waals surface area contributed by atoms with Crippen LogP contribution in [0.5, 0.6) is 0 Å². The van der Waals surface area contributed by atoms with Crippen LogP contribution in [0, 0.1) is 5.92 Å². The summed E-state index contributed by atoms with van der Waals surface area (Å²) >= 11 is 0. The summed E-state index contributed by atoms with van der Waals surface area (Å²) in [6.45, 7) is 16.3. The highest BCUT2D eigenvalue weighted by atomic mass is 16.5. The van der Waals surface area contributed by atoms with Crippen molar-refractivity contribution in [2.24, 2.45) is 10.9 Å². The van der Waals surface area contributed by atoms with Gasteiger partial charge in [-0.05, 0) is 91.6 Å². The third-order valence-electron chi connectivity index (χ3n) is 5.00. The predicted octanol–water partition coefficient (Wildman–Crippen LogP) is 7.98. The molecule has 0 aromatic carbocycles. The largest absolute Gasteiger partial charge is 0.476 e. The summed E-state index contributed by atoms with van der Waals surface area (Å²) in [6.07, 6.45) is 17.2. The predicted molar refractivity (Wildman–Crippen MR) is 125 cm³/mol. The Morgan fingerprint density at radius 2 is 1.43 bits per heavy atom. The second kappa shape index (κ2) is 13.6. The van der Waals surface area contributed by atoms with E-state index in [0.717, 1.165) is 44.6 Å². The molecule has 0 bridgehead atoms. The average molecular weight is 386 g/mol. The van der Waals surface area contributed by atoms with Gasteiger partial charge < -0.3 is 4.74 Å². The Labute approximate surface area is 174 Å². The molecule has 1 aliphatic rings. The van der Waals surface area contributed by atoms with E-state index in [4.69, 9.17) is 9.73 Å². The van der Waals surface area contributed by atoms with Crippen LogP contribution in [0.4, 0.5) is 0 Å². The zero-order valence-electron chi connectivity index (χ0n) is 19.5. The Balaban J connectivity index is 2.31. The van der Waals surface area contributed by atoms with Gasteiger partial charge in [0.05, 0.1) is 6.04 Å². The second-order valence-electron chi connectivity index (χ2n) is 9.05. The first-order valence-corrected chi connectivity index (χ1v) is 11.1. The quantitative estimate of drug-likeness (QED) is 0.312. The van der Waals surface area contributed by atoms with E-state index in [1.807, 2.05) is 0 Å². The maximum atomic E-state index is 5.73. The molecule has 1 rings (SSSR count). The number of nitrogens with zero attached hydrogens (tertiary/aromatic N) is 1. The normalized spacial score (nSPS) is 18.4. The van der Waals surface area contributed by atoms with Crippen molar-refractivity contribution in [3.8, 4) is 0 Å². The molecule has 0 saturated heterocycles. The highest BCUT2D eigenvalue weighted by Crippen LogP contribution is 2.17. The van der Waals surface area contributed by atoms with Gasteiger partial charge >= 0.3 is 0 Å². The second-order valence-corrected chi connectivity index (χ2v) is 9.05. The molecule has 0 aliphatic carbocycles. The van der Waals surface area contributed by atoms with Crippen LogP contribution in [0.15, 0.2) is 51.6 Å². The molecule has 0 N–H and O–H groups in total. The lowest BCUT2D eigenvalue weighted by Gasteiger charge is -2.06. The summed E-state index contributed by atoms with van der Waals surface area (Å²) in [5.74, 6) is 1.50. The summed E-state index contributed by atoms with van der Waals surface area (Å²) in [5, 5.41) is 0. The first-order valence-electron chi connectivity index (χ1n) is 11.1. The SMILES string of the molecule is CC(C)=CCC/C(C)=C/CC/C(C)=C/CC/C(C)=C/C1=N[C@H](CC(C)C)CO1. The van der Waals surface area contributed by atoms with E-state index in [9.17, 15) is 0 Å². The van der Waals surface area contributed by atoms with Crippen molar-refractivity contribution < 1.29 is 4.74 Å². The molecule has 0 unspecified atom stereocenters. The first kappa shape index (κ1) is 24.5. The Hall–Kier alpha value is -1.57. The topological polar surface area (TPSA) is 21.6 Å². The van der Waals surface area contributed by atoms with Crippen LogP contribution < -0.4 is 0 Å². The Morgan fingerprint density at radius 1 is 0.893 bits per heavy atom. The highest BCUT2D eigenvalue weighted by molar-refractivity contribution is 5.89. The van der Waals surface area contributed by atoms with E-state index in [1.54, 1.807) is 0 Å². The molecule has 2 heteroatoms. The van der Waals surface area contributed by atoms with Crippen molar-refractivity contribution in [1.29, 1.82) is 0 Å². The molecule has 0 fully saturated rings. The number of hydrogen-bond donors (Lipinski definition) is 0. The molecule has 0 amide bonds. The first-order chi connectivity index (χ1) is 13.3. The minimum atomic E-state index is 0.347. The lowest BCUT2D eigenvalue weighted by atomic mass is 10.0. The van der Waals surface area contributed by atoms with Crippen molar-refractivity contribution in [2.45, 2.75) is 99.5 Å². The monoisotopic (exact) mass is 385 g/mol. The summed E-state index contributed by atoms with van der Waals surface area (Å²) in [6, 6.07) is 0.347. The zero-order chi connectivity index (χ0) is 20.9. The molecule has 1 aliphatic heterocycles. The Kier molecular flexibility index (Phi) is 11.9. The van der Waals surface area contributed by atoms with Gasteiger partial charge in [-0.1, -0.05) is 54.4 Å². The van der Waals surface area contributed by atoms with E-state index in [2.05, 4.69) is 72.8 Å². The lowest BCUT2D eigenvalue weighted by Crippen LogP contribution is -2.09. The molecular formula is C26H43NO. The van der Waals surface area contributed by atoms with Gasteiger partial charge in [0.2, 0.25) is 5.90 Å². The van der Waals surface area contributed by atoms with Crippen LogP contribution in [0.1, 0.15) is 93.4 Å². The van der Waals surface area contributed by atoms with Gasteiger partial charge in [-0.2, -0.15) is 0 Å². The van der Waals surface area contributed by atoms with Crippen LogP contribution in [-0.4, -0.2) is 18.5 Å². The minimum Gasteiger partial charge on any atom is -0.476 e. The zero-order valence-corrected chi connectivity index (χ0v) is 19.5. The molecule has 2 nitrogen and oxygen atoms in total. The molecule has 1 heterocycles. The maximum absolute atomic E-state index is 5.73. The molecule has 0 aromatic rings. The third kappa shape index (κ3) is 12.0. The number of rotatable bonds is 12. The van der Waals surface area contributed by atoms with Gasteiger partial charge in [-0.3, -0.25) is 0 Å². The number of aliphatic imine (C=N–C) groups is 1. The van der Waals surface area contributed by atoms with Crippen molar-refractivity contribution >= 4 is 5.90 Å². The smallest absolute Gasteiger partial charge is 0.208 e. The molecular weight excluding hydrogens is 342 g/mol. The van der Waals surface area contributed by atoms with Crippen molar-refractivity contribution in [3.05, 3.63) is 46.6 Å². The van der Waals surface area contributed by atoms with Crippen LogP contribution in [-0.2, 0) is 4.74 Å². The van der Waals surface area contributed by atoms with E-state index >= 15 is 0 Å². The number of hydrogen-bond acceptors (Lipinski definition) is 2. The van der Waals surface area contributed by atoms with E-state index in [-0.39, 0.29) is 0 Å². The lowest BCUT2D eigenvalue weighted by molar-refractivity contribution is 0.302. The molecule has 0 spiro atoms. The summed E-state index contributed by atoms with van der Waals surface area (Å²) < 4.78 is 5.73. The average Bonchev–Trinajstić information content (AvgIpc) is 3.00. The van der Waals surface area contributed by atoms with E-state index < -0.39 is 0 Å². The van der Waals surface area contributed by atoms with Gasteiger partial charge in [0.25, 0.3) is 0 Å². The fourth-order valence-electron chi connectivity index (χ4n) is 3.35. The molecule has 158 valence electrons. The number of ether oxygens (including phenoxy) is 1. The van der Waals surface area contributed by atoms with Crippen LogP contribution in [0.2, 0.25) is 0 Å². The Bertz CT molecular complexity index is 612. The summed E-state index contributed by atoms with van der Waals surface area (Å²) in [7, 11) is 0. The molecule has 0 radical (unpaired) electrons. The van der Waals surface area contributed by atoms with Gasteiger partial charge in [0, 0.05) is 0 Å². The molecule has 0 saturated carbocycles. The van der Waals surface area contributed by atoms with Crippen LogP contribution >= 0.6 is 0 Å². The van der Waals surface area contributed by atoms with Gasteiger partial charge in [-0.15, -0.1) is 0 Å². The standard InChI is InChI=1S/C26H43NO/c1-20(2)11-8-12-22(5)13-9-14-23(6)15-10-16-24(7)18-26-27-25(19-28-26)17-21(3)4/h11,13,15,18,21,25H,8-10,12,14,16-17,19H2,1-7H3/b22-13+,23-15+,24-18+/t25-/m1/s1. The van der Waals surface area contributed by atoms with Crippen LogP contribution in [0.3, 0.4) is 0 Å².